The third kappa shape index (κ3) is 2.26. The molecule has 1 aromatic heterocycles. The van der Waals surface area contributed by atoms with Crippen molar-refractivity contribution in [2.75, 3.05) is 20.2 Å². The molecule has 1 fully saturated rings. The molecule has 1 atom stereocenters. The molecule has 78 valence electrons. The fourth-order valence-corrected chi connectivity index (χ4v) is 1.89. The van der Waals surface area contributed by atoms with Crippen LogP contribution in [0.15, 0.2) is 12.4 Å². The van der Waals surface area contributed by atoms with Crippen LogP contribution in [-0.2, 0) is 6.54 Å². The van der Waals surface area contributed by atoms with Gasteiger partial charge in [0, 0.05) is 6.54 Å². The zero-order chi connectivity index (χ0) is 9.80. The summed E-state index contributed by atoms with van der Waals surface area (Å²) in [6.45, 7) is 3.28. The van der Waals surface area contributed by atoms with Gasteiger partial charge in [-0.2, -0.15) is 5.10 Å². The summed E-state index contributed by atoms with van der Waals surface area (Å²) in [5.41, 5.74) is 0. The Hall–Kier alpha value is -1.03. The molecule has 0 aliphatic carbocycles. The number of aromatic nitrogens is 2. The zero-order valence-corrected chi connectivity index (χ0v) is 8.57. The van der Waals surface area contributed by atoms with Crippen molar-refractivity contribution in [1.29, 1.82) is 0 Å². The van der Waals surface area contributed by atoms with E-state index in [1.165, 1.54) is 19.4 Å². The normalized spacial score (nSPS) is 22.2. The van der Waals surface area contributed by atoms with E-state index in [9.17, 15) is 0 Å². The standard InChI is InChI=1S/C10H17N3O/c1-14-10-6-12-13(8-10)7-9-3-2-4-11-5-9/h6,8-9,11H,2-5,7H2,1H3/t9-/m1/s1. The minimum Gasteiger partial charge on any atom is -0.493 e. The Balaban J connectivity index is 1.89. The first-order valence-corrected chi connectivity index (χ1v) is 5.15. The molecular formula is C10H17N3O. The van der Waals surface area contributed by atoms with Gasteiger partial charge in [-0.05, 0) is 31.8 Å². The number of hydrogen-bond acceptors (Lipinski definition) is 3. The highest BCUT2D eigenvalue weighted by Gasteiger charge is 2.13. The number of rotatable bonds is 3. The first kappa shape index (κ1) is 9.52. The number of piperidine rings is 1. The fourth-order valence-electron chi connectivity index (χ4n) is 1.89. The third-order valence-electron chi connectivity index (χ3n) is 2.69. The SMILES string of the molecule is COc1cnn(C[C@@H]2CCCNC2)c1. The van der Waals surface area contributed by atoms with E-state index in [1.807, 2.05) is 10.9 Å². The summed E-state index contributed by atoms with van der Waals surface area (Å²) >= 11 is 0. The lowest BCUT2D eigenvalue weighted by atomic mass is 10.00. The Morgan fingerprint density at radius 1 is 1.71 bits per heavy atom. The smallest absolute Gasteiger partial charge is 0.156 e. The van der Waals surface area contributed by atoms with Crippen LogP contribution in [0.3, 0.4) is 0 Å². The van der Waals surface area contributed by atoms with Gasteiger partial charge in [-0.25, -0.2) is 0 Å². The van der Waals surface area contributed by atoms with E-state index in [2.05, 4.69) is 10.4 Å². The predicted molar refractivity (Wildman–Crippen MR) is 54.4 cm³/mol. The maximum Gasteiger partial charge on any atom is 0.156 e. The van der Waals surface area contributed by atoms with Gasteiger partial charge in [0.2, 0.25) is 0 Å². The van der Waals surface area contributed by atoms with E-state index in [-0.39, 0.29) is 0 Å². The highest BCUT2D eigenvalue weighted by atomic mass is 16.5. The van der Waals surface area contributed by atoms with Gasteiger partial charge in [-0.1, -0.05) is 0 Å². The second-order valence-corrected chi connectivity index (χ2v) is 3.81. The summed E-state index contributed by atoms with van der Waals surface area (Å²) in [4.78, 5) is 0. The van der Waals surface area contributed by atoms with Crippen molar-refractivity contribution < 1.29 is 4.74 Å². The number of ether oxygens (including phenoxy) is 1. The first-order chi connectivity index (χ1) is 6.88. The highest BCUT2D eigenvalue weighted by molar-refractivity contribution is 5.11. The molecule has 4 nitrogen and oxygen atoms in total. The van der Waals surface area contributed by atoms with Crippen LogP contribution in [0, 0.1) is 5.92 Å². The predicted octanol–water partition coefficient (Wildman–Crippen LogP) is 0.891. The van der Waals surface area contributed by atoms with Crippen molar-refractivity contribution in [3.8, 4) is 5.75 Å². The van der Waals surface area contributed by atoms with Crippen LogP contribution in [0.5, 0.6) is 5.75 Å². The molecule has 1 aliphatic rings. The van der Waals surface area contributed by atoms with Crippen LogP contribution in [0.25, 0.3) is 0 Å². The number of methoxy groups -OCH3 is 1. The third-order valence-corrected chi connectivity index (χ3v) is 2.69. The highest BCUT2D eigenvalue weighted by Crippen LogP contribution is 2.14. The molecule has 1 aromatic rings. The molecule has 0 spiro atoms. The van der Waals surface area contributed by atoms with Gasteiger partial charge in [0.15, 0.2) is 5.75 Å². The molecule has 0 radical (unpaired) electrons. The molecule has 1 saturated heterocycles. The van der Waals surface area contributed by atoms with E-state index >= 15 is 0 Å². The Morgan fingerprint density at radius 3 is 3.29 bits per heavy atom. The Bertz CT molecular complexity index is 279. The van der Waals surface area contributed by atoms with Crippen molar-refractivity contribution in [3.05, 3.63) is 12.4 Å². The number of nitrogens with zero attached hydrogens (tertiary/aromatic N) is 2. The van der Waals surface area contributed by atoms with Crippen LogP contribution in [0.4, 0.5) is 0 Å². The van der Waals surface area contributed by atoms with Crippen molar-refractivity contribution in [2.45, 2.75) is 19.4 Å². The topological polar surface area (TPSA) is 39.1 Å². The van der Waals surface area contributed by atoms with E-state index < -0.39 is 0 Å². The molecule has 0 amide bonds. The zero-order valence-electron chi connectivity index (χ0n) is 8.57. The van der Waals surface area contributed by atoms with Gasteiger partial charge in [-0.15, -0.1) is 0 Å². The molecule has 0 saturated carbocycles. The van der Waals surface area contributed by atoms with Crippen LogP contribution in [0.2, 0.25) is 0 Å². The summed E-state index contributed by atoms with van der Waals surface area (Å²) in [7, 11) is 1.67. The van der Waals surface area contributed by atoms with E-state index in [4.69, 9.17) is 4.74 Å². The Morgan fingerprint density at radius 2 is 2.64 bits per heavy atom. The molecule has 2 rings (SSSR count). The maximum atomic E-state index is 5.09. The van der Waals surface area contributed by atoms with Gasteiger partial charge < -0.3 is 10.1 Å². The lowest BCUT2D eigenvalue weighted by Crippen LogP contribution is -2.32. The van der Waals surface area contributed by atoms with E-state index in [1.54, 1.807) is 13.3 Å². The van der Waals surface area contributed by atoms with Crippen molar-refractivity contribution in [1.82, 2.24) is 15.1 Å². The second-order valence-electron chi connectivity index (χ2n) is 3.81. The summed E-state index contributed by atoms with van der Waals surface area (Å²) in [5, 5.41) is 7.65. The van der Waals surface area contributed by atoms with Crippen LogP contribution >= 0.6 is 0 Å². The maximum absolute atomic E-state index is 5.09. The Labute approximate surface area is 84.3 Å². The van der Waals surface area contributed by atoms with Crippen molar-refractivity contribution in [2.24, 2.45) is 5.92 Å². The van der Waals surface area contributed by atoms with Gasteiger partial charge in [0.1, 0.15) is 0 Å². The van der Waals surface area contributed by atoms with Crippen molar-refractivity contribution in [3.63, 3.8) is 0 Å². The lowest BCUT2D eigenvalue weighted by molar-refractivity contribution is 0.324. The monoisotopic (exact) mass is 195 g/mol. The quantitative estimate of drug-likeness (QED) is 0.778. The average Bonchev–Trinajstić information content (AvgIpc) is 2.67. The van der Waals surface area contributed by atoms with Gasteiger partial charge in [-0.3, -0.25) is 4.68 Å². The molecule has 14 heavy (non-hydrogen) atoms. The van der Waals surface area contributed by atoms with Crippen molar-refractivity contribution >= 4 is 0 Å². The summed E-state index contributed by atoms with van der Waals surface area (Å²) in [6, 6.07) is 0. The molecular weight excluding hydrogens is 178 g/mol. The van der Waals surface area contributed by atoms with Crippen LogP contribution < -0.4 is 10.1 Å². The number of hydrogen-bond donors (Lipinski definition) is 1. The molecule has 1 aliphatic heterocycles. The van der Waals surface area contributed by atoms with Gasteiger partial charge >= 0.3 is 0 Å². The van der Waals surface area contributed by atoms with E-state index in [0.29, 0.717) is 5.92 Å². The summed E-state index contributed by atoms with van der Waals surface area (Å²) in [5.74, 6) is 1.56. The van der Waals surface area contributed by atoms with Crippen LogP contribution in [0.1, 0.15) is 12.8 Å². The second kappa shape index (κ2) is 4.46. The minimum absolute atomic E-state index is 0.716. The van der Waals surface area contributed by atoms with Gasteiger partial charge in [0.05, 0.1) is 19.5 Å². The average molecular weight is 195 g/mol. The number of nitrogens with one attached hydrogen (secondary N) is 1. The fraction of sp³-hybridized carbons (Fsp3) is 0.700. The first-order valence-electron chi connectivity index (χ1n) is 5.15. The lowest BCUT2D eigenvalue weighted by Gasteiger charge is -2.22. The largest absolute Gasteiger partial charge is 0.493 e. The molecule has 2 heterocycles. The molecule has 4 heteroatoms. The molecule has 0 aromatic carbocycles. The minimum atomic E-state index is 0.716. The van der Waals surface area contributed by atoms with E-state index in [0.717, 1.165) is 18.8 Å². The molecule has 0 unspecified atom stereocenters. The molecule has 0 bridgehead atoms. The van der Waals surface area contributed by atoms with Crippen LogP contribution in [-0.4, -0.2) is 30.0 Å². The summed E-state index contributed by atoms with van der Waals surface area (Å²) < 4.78 is 7.05. The molecule has 1 N–H and O–H groups in total. The Kier molecular flexibility index (Phi) is 3.03. The summed E-state index contributed by atoms with van der Waals surface area (Å²) in [6.07, 6.45) is 6.29. The van der Waals surface area contributed by atoms with Gasteiger partial charge in [0.25, 0.3) is 0 Å².